The van der Waals surface area contributed by atoms with E-state index in [2.05, 4.69) is 26.1 Å². The molecule has 0 aliphatic heterocycles. The van der Waals surface area contributed by atoms with Gasteiger partial charge in [0, 0.05) is 10.6 Å². The zero-order valence-electron chi connectivity index (χ0n) is 29.0. The van der Waals surface area contributed by atoms with Crippen molar-refractivity contribution < 1.29 is 28.8 Å². The largest absolute Gasteiger partial charge is 0.503 e. The van der Waals surface area contributed by atoms with Crippen LogP contribution in [0.2, 0.25) is 5.02 Å². The molecule has 5 rings (SSSR count). The van der Waals surface area contributed by atoms with Crippen molar-refractivity contribution in [2.24, 2.45) is 5.41 Å². The summed E-state index contributed by atoms with van der Waals surface area (Å²) in [5.74, 6) is 0.520. The minimum atomic E-state index is -0.861. The molecule has 0 fully saturated rings. The topological polar surface area (TPSA) is 154 Å². The quantitative estimate of drug-likeness (QED) is 0.0780. The van der Waals surface area contributed by atoms with Crippen molar-refractivity contribution in [2.45, 2.75) is 45.8 Å². The Morgan fingerprint density at radius 2 is 1.59 bits per heavy atom. The predicted octanol–water partition coefficient (Wildman–Crippen LogP) is 7.43. The summed E-state index contributed by atoms with van der Waals surface area (Å²) in [6, 6.07) is 25.0. The highest BCUT2D eigenvalue weighted by atomic mass is 35.5. The van der Waals surface area contributed by atoms with Gasteiger partial charge in [0.05, 0.1) is 44.3 Å². The highest BCUT2D eigenvalue weighted by molar-refractivity contribution is 6.30. The molecule has 0 amide bonds. The average molecular weight is 711 g/mol. The van der Waals surface area contributed by atoms with E-state index in [1.54, 1.807) is 59.5 Å². The number of para-hydroxylation sites is 2. The second-order valence-electron chi connectivity index (χ2n) is 12.3. The van der Waals surface area contributed by atoms with Gasteiger partial charge in [-0.3, -0.25) is 4.68 Å². The number of carbonyl (C=O) groups is 1. The number of ether oxygens (including phenoxy) is 4. The zero-order chi connectivity index (χ0) is 36.9. The molecule has 1 atom stereocenters. The summed E-state index contributed by atoms with van der Waals surface area (Å²) < 4.78 is 23.1. The van der Waals surface area contributed by atoms with Crippen LogP contribution in [-0.4, -0.2) is 55.6 Å². The summed E-state index contributed by atoms with van der Waals surface area (Å²) in [6.07, 6.45) is 7.12. The van der Waals surface area contributed by atoms with Crippen LogP contribution in [0.1, 0.15) is 43.9 Å². The lowest BCUT2D eigenvalue weighted by Crippen LogP contribution is -2.47. The number of benzene rings is 3. The molecule has 0 saturated carbocycles. The monoisotopic (exact) mass is 710 g/mol. The van der Waals surface area contributed by atoms with E-state index in [1.165, 1.54) is 44.8 Å². The molecule has 0 radical (unpaired) electrons. The second-order valence-corrected chi connectivity index (χ2v) is 12.7. The molecule has 0 saturated heterocycles. The smallest absolute Gasteiger partial charge is 0.341 e. The molecule has 0 bridgehead atoms. The number of aliphatic hydroxyl groups is 1. The minimum Gasteiger partial charge on any atom is -0.503 e. The van der Waals surface area contributed by atoms with Gasteiger partial charge in [-0.1, -0.05) is 74.8 Å². The van der Waals surface area contributed by atoms with Crippen molar-refractivity contribution >= 4 is 23.1 Å². The molecule has 51 heavy (non-hydrogen) atoms. The molecule has 3 aromatic carbocycles. The highest BCUT2D eigenvalue weighted by Crippen LogP contribution is 2.36. The van der Waals surface area contributed by atoms with E-state index in [4.69, 9.17) is 30.5 Å². The van der Waals surface area contributed by atoms with E-state index in [0.29, 0.717) is 35.6 Å². The summed E-state index contributed by atoms with van der Waals surface area (Å²) in [7, 11) is 2.71. The lowest BCUT2D eigenvalue weighted by Gasteiger charge is -2.40. The average Bonchev–Trinajstić information content (AvgIpc) is 3.63. The number of esters is 1. The van der Waals surface area contributed by atoms with E-state index in [1.807, 2.05) is 45.0 Å². The number of rotatable bonds is 12. The first kappa shape index (κ1) is 38.0. The Hall–Kier alpha value is -5.77. The van der Waals surface area contributed by atoms with Gasteiger partial charge in [0.15, 0.2) is 0 Å². The molecule has 13 heteroatoms. The van der Waals surface area contributed by atoms with Gasteiger partial charge in [0.2, 0.25) is 11.8 Å². The Kier molecular flexibility index (Phi) is 13.2. The maximum atomic E-state index is 12.1. The maximum absolute atomic E-state index is 12.1. The van der Waals surface area contributed by atoms with Crippen LogP contribution in [0, 0.1) is 16.7 Å². The number of hydrogen-bond acceptors (Lipinski definition) is 11. The Bertz CT molecular complexity index is 1960. The van der Waals surface area contributed by atoms with Crippen molar-refractivity contribution in [1.29, 1.82) is 5.26 Å². The second kappa shape index (κ2) is 17.8. The standard InChI is InChI=1S/C22H17N3O5.C16H22ClN3O/c1-27-13-17(22(26)28-2)16-8-4-6-10-19(16)30-21-11-20(24-14-25-21)29-18-9-5-3-7-15(18)12-23;1-15(2,3)16(21,10-20-12-18-11-19-20)9-8-13-4-6-14(17)7-5-13/h3-11,13-14H,1-2H3;4-7,11-12,21H,8-10H2,1-3H3/b17-13+;. The molecule has 0 aliphatic carbocycles. The van der Waals surface area contributed by atoms with E-state index in [9.17, 15) is 15.2 Å². The minimum absolute atomic E-state index is 0.184. The van der Waals surface area contributed by atoms with Crippen molar-refractivity contribution in [3.63, 3.8) is 0 Å². The van der Waals surface area contributed by atoms with Crippen LogP contribution in [0.5, 0.6) is 23.3 Å². The Balaban J connectivity index is 0.000000244. The molecule has 0 aliphatic rings. The van der Waals surface area contributed by atoms with Crippen LogP contribution >= 0.6 is 11.6 Å². The van der Waals surface area contributed by atoms with Crippen LogP contribution in [0.25, 0.3) is 5.57 Å². The van der Waals surface area contributed by atoms with Gasteiger partial charge in [0.25, 0.3) is 0 Å². The fraction of sp³-hybridized carbons (Fsp3) is 0.263. The maximum Gasteiger partial charge on any atom is 0.341 e. The summed E-state index contributed by atoms with van der Waals surface area (Å²) in [5.41, 5.74) is 1.06. The number of nitrogens with zero attached hydrogens (tertiary/aromatic N) is 6. The normalized spacial score (nSPS) is 12.4. The van der Waals surface area contributed by atoms with Crippen LogP contribution in [0.4, 0.5) is 0 Å². The van der Waals surface area contributed by atoms with Gasteiger partial charge < -0.3 is 24.1 Å². The molecule has 0 spiro atoms. The Labute approximate surface area is 301 Å². The van der Waals surface area contributed by atoms with Gasteiger partial charge in [0.1, 0.15) is 42.1 Å². The summed E-state index contributed by atoms with van der Waals surface area (Å²) in [4.78, 5) is 24.2. The van der Waals surface area contributed by atoms with Crippen molar-refractivity contribution in [3.05, 3.63) is 126 Å². The fourth-order valence-electron chi connectivity index (χ4n) is 4.81. The van der Waals surface area contributed by atoms with Crippen LogP contribution in [-0.2, 0) is 27.2 Å². The van der Waals surface area contributed by atoms with E-state index >= 15 is 0 Å². The summed E-state index contributed by atoms with van der Waals surface area (Å²) >= 11 is 5.90. The SMILES string of the molecule is CC(C)(C)C(O)(CCc1ccc(Cl)cc1)Cn1cncn1.CO/C=C(/C(=O)OC)c1ccccc1Oc1cc(Oc2ccccc2C#N)ncn1. The molecule has 1 N–H and O–H groups in total. The van der Waals surface area contributed by atoms with Gasteiger partial charge in [-0.2, -0.15) is 10.4 Å². The van der Waals surface area contributed by atoms with Crippen molar-refractivity contribution in [1.82, 2.24) is 24.7 Å². The van der Waals surface area contributed by atoms with Crippen LogP contribution in [0.15, 0.2) is 104 Å². The van der Waals surface area contributed by atoms with Gasteiger partial charge >= 0.3 is 5.97 Å². The first-order valence-corrected chi connectivity index (χ1v) is 16.2. The molecule has 2 heterocycles. The van der Waals surface area contributed by atoms with Gasteiger partial charge in [-0.05, 0) is 54.2 Å². The molecular formula is C38H39ClN6O6. The third kappa shape index (κ3) is 10.6. The predicted molar refractivity (Wildman–Crippen MR) is 191 cm³/mol. The molecular weight excluding hydrogens is 672 g/mol. The zero-order valence-corrected chi connectivity index (χ0v) is 29.7. The van der Waals surface area contributed by atoms with Crippen molar-refractivity contribution in [3.8, 4) is 29.3 Å². The molecule has 1 unspecified atom stereocenters. The highest BCUT2D eigenvalue weighted by Gasteiger charge is 2.40. The first-order valence-electron chi connectivity index (χ1n) is 15.8. The summed E-state index contributed by atoms with van der Waals surface area (Å²) in [6.45, 7) is 6.58. The third-order valence-corrected chi connectivity index (χ3v) is 8.15. The Morgan fingerprint density at radius 1 is 0.941 bits per heavy atom. The molecule has 264 valence electrons. The third-order valence-electron chi connectivity index (χ3n) is 7.90. The first-order chi connectivity index (χ1) is 24.5. The number of hydrogen-bond donors (Lipinski definition) is 1. The lowest BCUT2D eigenvalue weighted by molar-refractivity contribution is -0.133. The number of halogens is 1. The van der Waals surface area contributed by atoms with E-state index < -0.39 is 11.6 Å². The number of nitriles is 1. The fourth-order valence-corrected chi connectivity index (χ4v) is 4.94. The van der Waals surface area contributed by atoms with Gasteiger partial charge in [-0.25, -0.2) is 19.7 Å². The number of aryl methyl sites for hydroxylation is 1. The van der Waals surface area contributed by atoms with Crippen LogP contribution in [0.3, 0.4) is 0 Å². The molecule has 12 nitrogen and oxygen atoms in total. The molecule has 2 aromatic heterocycles. The summed E-state index contributed by atoms with van der Waals surface area (Å²) in [5, 5.41) is 25.2. The lowest BCUT2D eigenvalue weighted by atomic mass is 9.73. The van der Waals surface area contributed by atoms with E-state index in [0.717, 1.165) is 11.4 Å². The van der Waals surface area contributed by atoms with E-state index in [-0.39, 0.29) is 22.7 Å². The number of methoxy groups -OCH3 is 2. The Morgan fingerprint density at radius 3 is 2.20 bits per heavy atom. The molecule has 5 aromatic rings. The van der Waals surface area contributed by atoms with Crippen LogP contribution < -0.4 is 9.47 Å². The number of carbonyl (C=O) groups excluding carboxylic acids is 1. The van der Waals surface area contributed by atoms with Crippen molar-refractivity contribution in [2.75, 3.05) is 14.2 Å². The number of aromatic nitrogens is 5. The van der Waals surface area contributed by atoms with Gasteiger partial charge in [-0.15, -0.1) is 0 Å².